The highest BCUT2D eigenvalue weighted by atomic mass is 16.6. The lowest BCUT2D eigenvalue weighted by molar-refractivity contribution is -0.156. The number of carbonyl (C=O) groups is 2. The van der Waals surface area contributed by atoms with E-state index in [1.807, 2.05) is 25.7 Å². The summed E-state index contributed by atoms with van der Waals surface area (Å²) in [6.07, 6.45) is 2.75. The van der Waals surface area contributed by atoms with Crippen LogP contribution in [0.15, 0.2) is 0 Å². The zero-order chi connectivity index (χ0) is 11.5. The maximum Gasteiger partial charge on any atom is 0.320 e. The highest BCUT2D eigenvalue weighted by molar-refractivity contribution is 5.73. The van der Waals surface area contributed by atoms with Crippen LogP contribution in [0.4, 0.5) is 0 Å². The SMILES string of the molecule is CC(C)(C)OC(=O)CN1CCC[C@H]1C=O. The van der Waals surface area contributed by atoms with E-state index in [1.165, 1.54) is 0 Å². The Morgan fingerprint density at radius 1 is 1.53 bits per heavy atom. The van der Waals surface area contributed by atoms with Crippen LogP contribution in [-0.2, 0) is 14.3 Å². The molecular weight excluding hydrogens is 194 g/mol. The van der Waals surface area contributed by atoms with Crippen molar-refractivity contribution in [2.75, 3.05) is 13.1 Å². The molecule has 0 aromatic carbocycles. The summed E-state index contributed by atoms with van der Waals surface area (Å²) in [7, 11) is 0. The van der Waals surface area contributed by atoms with Crippen molar-refractivity contribution < 1.29 is 14.3 Å². The Kier molecular flexibility index (Phi) is 3.85. The number of likely N-dealkylation sites (tertiary alicyclic amines) is 1. The van der Waals surface area contributed by atoms with E-state index < -0.39 is 5.60 Å². The molecule has 15 heavy (non-hydrogen) atoms. The number of aldehydes is 1. The van der Waals surface area contributed by atoms with E-state index in [4.69, 9.17) is 4.74 Å². The third-order valence-corrected chi connectivity index (χ3v) is 2.32. The first kappa shape index (κ1) is 12.2. The molecule has 0 N–H and O–H groups in total. The van der Waals surface area contributed by atoms with Crippen LogP contribution >= 0.6 is 0 Å². The Morgan fingerprint density at radius 2 is 2.20 bits per heavy atom. The summed E-state index contributed by atoms with van der Waals surface area (Å²) in [5.74, 6) is -0.253. The molecule has 1 rings (SSSR count). The quantitative estimate of drug-likeness (QED) is 0.518. The highest BCUT2D eigenvalue weighted by Crippen LogP contribution is 2.16. The van der Waals surface area contributed by atoms with Crippen LogP contribution in [0.3, 0.4) is 0 Å². The van der Waals surface area contributed by atoms with Gasteiger partial charge in [0, 0.05) is 0 Å². The Labute approximate surface area is 90.6 Å². The molecule has 1 fully saturated rings. The number of rotatable bonds is 3. The lowest BCUT2D eigenvalue weighted by Gasteiger charge is -2.23. The van der Waals surface area contributed by atoms with Crippen LogP contribution < -0.4 is 0 Å². The normalized spacial score (nSPS) is 22.7. The molecule has 1 saturated heterocycles. The second-order valence-corrected chi connectivity index (χ2v) is 4.90. The Balaban J connectivity index is 2.41. The smallest absolute Gasteiger partial charge is 0.320 e. The molecule has 0 aromatic rings. The summed E-state index contributed by atoms with van der Waals surface area (Å²) < 4.78 is 5.20. The molecule has 0 unspecified atom stereocenters. The van der Waals surface area contributed by atoms with Crippen molar-refractivity contribution in [2.45, 2.75) is 45.3 Å². The van der Waals surface area contributed by atoms with Crippen molar-refractivity contribution in [3.05, 3.63) is 0 Å². The molecule has 1 aliphatic heterocycles. The number of hydrogen-bond acceptors (Lipinski definition) is 4. The molecule has 1 heterocycles. The zero-order valence-corrected chi connectivity index (χ0v) is 9.66. The lowest BCUT2D eigenvalue weighted by atomic mass is 10.2. The molecular formula is C11H19NO3. The highest BCUT2D eigenvalue weighted by Gasteiger charge is 2.27. The van der Waals surface area contributed by atoms with Gasteiger partial charge in [0.1, 0.15) is 11.9 Å². The van der Waals surface area contributed by atoms with Crippen LogP contribution in [0.1, 0.15) is 33.6 Å². The van der Waals surface area contributed by atoms with Gasteiger partial charge in [0.25, 0.3) is 0 Å². The summed E-state index contributed by atoms with van der Waals surface area (Å²) in [6, 6.07) is -0.0995. The monoisotopic (exact) mass is 213 g/mol. The minimum Gasteiger partial charge on any atom is -0.459 e. The molecule has 0 bridgehead atoms. The molecule has 1 aliphatic rings. The van der Waals surface area contributed by atoms with Gasteiger partial charge >= 0.3 is 5.97 Å². The first-order chi connectivity index (χ1) is 6.92. The van der Waals surface area contributed by atoms with Crippen molar-refractivity contribution in [2.24, 2.45) is 0 Å². The largest absolute Gasteiger partial charge is 0.459 e. The van der Waals surface area contributed by atoms with E-state index in [0.717, 1.165) is 25.7 Å². The van der Waals surface area contributed by atoms with Crippen LogP contribution in [0.2, 0.25) is 0 Å². The van der Waals surface area contributed by atoms with Gasteiger partial charge in [-0.3, -0.25) is 9.69 Å². The summed E-state index contributed by atoms with van der Waals surface area (Å²) in [5.41, 5.74) is -0.451. The molecule has 0 saturated carbocycles. The third-order valence-electron chi connectivity index (χ3n) is 2.32. The Hall–Kier alpha value is -0.900. The predicted molar refractivity (Wildman–Crippen MR) is 56.5 cm³/mol. The third kappa shape index (κ3) is 4.00. The van der Waals surface area contributed by atoms with Crippen molar-refractivity contribution in [1.82, 2.24) is 4.90 Å². The number of ether oxygens (including phenoxy) is 1. The van der Waals surface area contributed by atoms with E-state index in [0.29, 0.717) is 0 Å². The topological polar surface area (TPSA) is 46.6 Å². The second-order valence-electron chi connectivity index (χ2n) is 4.90. The van der Waals surface area contributed by atoms with Crippen molar-refractivity contribution in [3.63, 3.8) is 0 Å². The molecule has 0 amide bonds. The fourth-order valence-corrected chi connectivity index (χ4v) is 1.74. The summed E-state index contributed by atoms with van der Waals surface area (Å²) in [6.45, 7) is 6.55. The number of hydrogen-bond donors (Lipinski definition) is 0. The molecule has 0 radical (unpaired) electrons. The molecule has 0 aliphatic carbocycles. The Bertz CT molecular complexity index is 245. The van der Waals surface area contributed by atoms with Gasteiger partial charge < -0.3 is 9.53 Å². The fourth-order valence-electron chi connectivity index (χ4n) is 1.74. The van der Waals surface area contributed by atoms with Gasteiger partial charge in [-0.1, -0.05) is 0 Å². The van der Waals surface area contributed by atoms with E-state index in [2.05, 4.69) is 0 Å². The van der Waals surface area contributed by atoms with Gasteiger partial charge in [-0.05, 0) is 40.2 Å². The molecule has 4 heteroatoms. The van der Waals surface area contributed by atoms with Gasteiger partial charge in [-0.15, -0.1) is 0 Å². The average molecular weight is 213 g/mol. The molecule has 86 valence electrons. The number of esters is 1. The van der Waals surface area contributed by atoms with Gasteiger partial charge in [0.2, 0.25) is 0 Å². The Morgan fingerprint density at radius 3 is 2.73 bits per heavy atom. The van der Waals surface area contributed by atoms with Gasteiger partial charge in [0.05, 0.1) is 12.6 Å². The second kappa shape index (κ2) is 4.75. The maximum atomic E-state index is 11.5. The van der Waals surface area contributed by atoms with E-state index in [9.17, 15) is 9.59 Å². The maximum absolute atomic E-state index is 11.5. The van der Waals surface area contributed by atoms with Crippen molar-refractivity contribution >= 4 is 12.3 Å². The van der Waals surface area contributed by atoms with Crippen molar-refractivity contribution in [3.8, 4) is 0 Å². The summed E-state index contributed by atoms with van der Waals surface area (Å²) in [4.78, 5) is 24.1. The number of carbonyl (C=O) groups excluding carboxylic acids is 2. The molecule has 0 spiro atoms. The molecule has 0 aromatic heterocycles. The molecule has 1 atom stereocenters. The zero-order valence-electron chi connectivity index (χ0n) is 9.66. The predicted octanol–water partition coefficient (Wildman–Crippen LogP) is 0.991. The molecule has 4 nitrogen and oxygen atoms in total. The minimum atomic E-state index is -0.451. The lowest BCUT2D eigenvalue weighted by Crippen LogP contribution is -2.38. The first-order valence-electron chi connectivity index (χ1n) is 5.33. The van der Waals surface area contributed by atoms with E-state index in [1.54, 1.807) is 0 Å². The van der Waals surface area contributed by atoms with Gasteiger partial charge in [-0.2, -0.15) is 0 Å². The van der Waals surface area contributed by atoms with Gasteiger partial charge in [0.15, 0.2) is 0 Å². The first-order valence-corrected chi connectivity index (χ1v) is 5.33. The van der Waals surface area contributed by atoms with E-state index >= 15 is 0 Å². The van der Waals surface area contributed by atoms with Crippen LogP contribution in [0, 0.1) is 0 Å². The van der Waals surface area contributed by atoms with Crippen LogP contribution in [-0.4, -0.2) is 41.9 Å². The van der Waals surface area contributed by atoms with Gasteiger partial charge in [-0.25, -0.2) is 0 Å². The van der Waals surface area contributed by atoms with Crippen LogP contribution in [0.5, 0.6) is 0 Å². The number of nitrogens with zero attached hydrogens (tertiary/aromatic N) is 1. The summed E-state index contributed by atoms with van der Waals surface area (Å²) >= 11 is 0. The van der Waals surface area contributed by atoms with Crippen LogP contribution in [0.25, 0.3) is 0 Å². The average Bonchev–Trinajstić information content (AvgIpc) is 2.48. The van der Waals surface area contributed by atoms with Crippen molar-refractivity contribution in [1.29, 1.82) is 0 Å². The summed E-state index contributed by atoms with van der Waals surface area (Å²) in [5, 5.41) is 0. The van der Waals surface area contributed by atoms with E-state index in [-0.39, 0.29) is 18.6 Å². The minimum absolute atomic E-state index is 0.0995. The fraction of sp³-hybridized carbons (Fsp3) is 0.818. The standard InChI is InChI=1S/C11H19NO3/c1-11(2,3)15-10(14)7-12-6-4-5-9(12)8-13/h8-9H,4-7H2,1-3H3/t9-/m0/s1.